The van der Waals surface area contributed by atoms with Crippen molar-refractivity contribution in [2.45, 2.75) is 37.3 Å². The van der Waals surface area contributed by atoms with Gasteiger partial charge in [-0.2, -0.15) is 0 Å². The fourth-order valence-electron chi connectivity index (χ4n) is 5.42. The van der Waals surface area contributed by atoms with Crippen LogP contribution in [0.4, 0.5) is 0 Å². The highest BCUT2D eigenvalue weighted by molar-refractivity contribution is 7.12. The predicted octanol–water partition coefficient (Wildman–Crippen LogP) is 4.86. The summed E-state index contributed by atoms with van der Waals surface area (Å²) in [6, 6.07) is 13.3. The molecular formula is C26H26ClN3O3S. The van der Waals surface area contributed by atoms with Gasteiger partial charge in [0.25, 0.3) is 11.8 Å². The number of aromatic nitrogens is 1. The highest BCUT2D eigenvalue weighted by Gasteiger charge is 2.54. The molecule has 1 N–H and O–H groups in total. The molecule has 0 radical (unpaired) electrons. The zero-order chi connectivity index (χ0) is 23.7. The molecule has 8 heteroatoms. The van der Waals surface area contributed by atoms with E-state index in [1.165, 1.54) is 16.9 Å². The first-order valence-corrected chi connectivity index (χ1v) is 12.7. The Kier molecular flexibility index (Phi) is 6.42. The van der Waals surface area contributed by atoms with Gasteiger partial charge in [0, 0.05) is 37.5 Å². The molecular weight excluding hydrogens is 470 g/mol. The second kappa shape index (κ2) is 9.49. The van der Waals surface area contributed by atoms with Gasteiger partial charge in [0.15, 0.2) is 0 Å². The normalized spacial score (nSPS) is 20.8. The van der Waals surface area contributed by atoms with Crippen molar-refractivity contribution in [2.24, 2.45) is 0 Å². The molecule has 1 saturated heterocycles. The summed E-state index contributed by atoms with van der Waals surface area (Å²) >= 11 is 7.60. The Labute approximate surface area is 207 Å². The van der Waals surface area contributed by atoms with Crippen LogP contribution in [0.2, 0.25) is 5.02 Å². The van der Waals surface area contributed by atoms with Crippen molar-refractivity contribution in [3.8, 4) is 0 Å². The van der Waals surface area contributed by atoms with Gasteiger partial charge < -0.3 is 15.0 Å². The molecule has 1 aliphatic heterocycles. The number of rotatable bonds is 5. The molecule has 6 nitrogen and oxygen atoms in total. The Morgan fingerprint density at radius 1 is 1.21 bits per heavy atom. The molecule has 1 aliphatic carbocycles. The number of hydrogen-bond acceptors (Lipinski definition) is 5. The van der Waals surface area contributed by atoms with E-state index in [9.17, 15) is 9.59 Å². The SMILES string of the molecule is CCO[C@H]1[C@H](NC(=O)c2cccnc2)c2ccccc2C12CCN(C(=O)c1sccc1Cl)CC2. The number of amides is 2. The molecule has 1 fully saturated rings. The first-order chi connectivity index (χ1) is 16.5. The van der Waals surface area contributed by atoms with Crippen molar-refractivity contribution < 1.29 is 14.3 Å². The molecule has 0 bridgehead atoms. The van der Waals surface area contributed by atoms with Gasteiger partial charge in [0.1, 0.15) is 4.88 Å². The fourth-order valence-corrected chi connectivity index (χ4v) is 6.52. The van der Waals surface area contributed by atoms with E-state index in [1.54, 1.807) is 30.6 Å². The van der Waals surface area contributed by atoms with Crippen LogP contribution in [0.25, 0.3) is 0 Å². The molecule has 1 aromatic carbocycles. The molecule has 176 valence electrons. The molecule has 34 heavy (non-hydrogen) atoms. The molecule has 0 saturated carbocycles. The van der Waals surface area contributed by atoms with Crippen LogP contribution in [-0.4, -0.2) is 47.5 Å². The number of halogens is 1. The van der Waals surface area contributed by atoms with E-state index in [0.29, 0.717) is 35.2 Å². The van der Waals surface area contributed by atoms with E-state index in [4.69, 9.17) is 16.3 Å². The highest BCUT2D eigenvalue weighted by atomic mass is 35.5. The van der Waals surface area contributed by atoms with Crippen molar-refractivity contribution in [1.82, 2.24) is 15.2 Å². The van der Waals surface area contributed by atoms with Crippen LogP contribution < -0.4 is 5.32 Å². The number of hydrogen-bond donors (Lipinski definition) is 1. The summed E-state index contributed by atoms with van der Waals surface area (Å²) < 4.78 is 6.36. The molecule has 2 atom stereocenters. The topological polar surface area (TPSA) is 71.5 Å². The third kappa shape index (κ3) is 3.91. The molecule has 3 aromatic rings. The maximum atomic E-state index is 13.1. The number of piperidine rings is 1. The fraction of sp³-hybridized carbons (Fsp3) is 0.346. The number of ether oxygens (including phenoxy) is 1. The Hall–Kier alpha value is -2.74. The summed E-state index contributed by atoms with van der Waals surface area (Å²) in [5.74, 6) is -0.190. The number of benzene rings is 1. The molecule has 1 spiro atoms. The standard InChI is InChI=1S/C26H26ClN3O3S/c1-2-33-23-21(29-24(31)17-6-5-12-28-16-17)18-7-3-4-8-19(18)26(23)10-13-30(14-11-26)25(32)22-20(27)9-15-34-22/h3-9,12,15-16,21,23H,2,10-11,13-14H2,1H3,(H,29,31)/t21-,23+/m1/s1. The van der Waals surface area contributed by atoms with Crippen LogP contribution >= 0.6 is 22.9 Å². The second-order valence-electron chi connectivity index (χ2n) is 8.70. The summed E-state index contributed by atoms with van der Waals surface area (Å²) in [4.78, 5) is 32.7. The van der Waals surface area contributed by atoms with Gasteiger partial charge in [0.05, 0.1) is 22.7 Å². The predicted molar refractivity (Wildman–Crippen MR) is 132 cm³/mol. The first kappa shape index (κ1) is 23.0. The van der Waals surface area contributed by atoms with E-state index in [1.807, 2.05) is 29.3 Å². The van der Waals surface area contributed by atoms with Crippen molar-refractivity contribution in [2.75, 3.05) is 19.7 Å². The highest BCUT2D eigenvalue weighted by Crippen LogP contribution is 2.52. The monoisotopic (exact) mass is 495 g/mol. The van der Waals surface area contributed by atoms with Crippen molar-refractivity contribution in [3.63, 3.8) is 0 Å². The number of thiophene rings is 1. The van der Waals surface area contributed by atoms with Gasteiger partial charge in [-0.25, -0.2) is 0 Å². The van der Waals surface area contributed by atoms with Gasteiger partial charge in [-0.1, -0.05) is 35.9 Å². The lowest BCUT2D eigenvalue weighted by atomic mass is 9.71. The largest absolute Gasteiger partial charge is 0.375 e. The third-order valence-electron chi connectivity index (χ3n) is 6.99. The minimum atomic E-state index is -0.282. The summed E-state index contributed by atoms with van der Waals surface area (Å²) in [5, 5.41) is 5.57. The number of nitrogens with zero attached hydrogens (tertiary/aromatic N) is 2. The van der Waals surface area contributed by atoms with Crippen LogP contribution in [-0.2, 0) is 10.2 Å². The molecule has 2 aliphatic rings. The van der Waals surface area contributed by atoms with E-state index >= 15 is 0 Å². The van der Waals surface area contributed by atoms with Crippen molar-refractivity contribution in [3.05, 3.63) is 86.8 Å². The van der Waals surface area contributed by atoms with E-state index in [2.05, 4.69) is 22.4 Å². The van der Waals surface area contributed by atoms with E-state index in [0.717, 1.165) is 18.4 Å². The average molecular weight is 496 g/mol. The van der Waals surface area contributed by atoms with E-state index in [-0.39, 0.29) is 29.4 Å². The van der Waals surface area contributed by atoms with Crippen molar-refractivity contribution >= 4 is 34.8 Å². The lowest BCUT2D eigenvalue weighted by molar-refractivity contribution is -0.0305. The molecule has 0 unspecified atom stereocenters. The number of carbonyl (C=O) groups is 2. The average Bonchev–Trinajstić information content (AvgIpc) is 3.41. The van der Waals surface area contributed by atoms with Crippen LogP contribution in [0.15, 0.2) is 60.2 Å². The smallest absolute Gasteiger partial charge is 0.265 e. The lowest BCUT2D eigenvalue weighted by Crippen LogP contribution is -2.52. The van der Waals surface area contributed by atoms with Gasteiger partial charge in [0.2, 0.25) is 0 Å². The zero-order valence-electron chi connectivity index (χ0n) is 18.9. The van der Waals surface area contributed by atoms with Gasteiger partial charge >= 0.3 is 0 Å². The summed E-state index contributed by atoms with van der Waals surface area (Å²) in [5.41, 5.74) is 2.52. The molecule has 3 heterocycles. The van der Waals surface area contributed by atoms with Gasteiger partial charge in [-0.15, -0.1) is 11.3 Å². The molecule has 2 aromatic heterocycles. The maximum absolute atomic E-state index is 13.1. The van der Waals surface area contributed by atoms with Crippen molar-refractivity contribution in [1.29, 1.82) is 0 Å². The summed E-state index contributed by atoms with van der Waals surface area (Å²) in [7, 11) is 0. The Balaban J connectivity index is 1.43. The number of fused-ring (bicyclic) bond motifs is 2. The zero-order valence-corrected chi connectivity index (χ0v) is 20.4. The molecule has 5 rings (SSSR count). The number of carbonyl (C=O) groups excluding carboxylic acids is 2. The number of nitrogens with one attached hydrogen (secondary N) is 1. The van der Waals surface area contributed by atoms with Gasteiger partial charge in [-0.05, 0) is 54.5 Å². The Morgan fingerprint density at radius 3 is 2.68 bits per heavy atom. The quantitative estimate of drug-likeness (QED) is 0.548. The van der Waals surface area contributed by atoms with Crippen LogP contribution in [0.5, 0.6) is 0 Å². The first-order valence-electron chi connectivity index (χ1n) is 11.5. The van der Waals surface area contributed by atoms with Gasteiger partial charge in [-0.3, -0.25) is 14.6 Å². The summed E-state index contributed by atoms with van der Waals surface area (Å²) in [6.07, 6.45) is 4.50. The maximum Gasteiger partial charge on any atom is 0.265 e. The number of pyridine rings is 1. The second-order valence-corrected chi connectivity index (χ2v) is 10.0. The summed E-state index contributed by atoms with van der Waals surface area (Å²) in [6.45, 7) is 3.73. The van der Waals surface area contributed by atoms with Crippen LogP contribution in [0, 0.1) is 0 Å². The Morgan fingerprint density at radius 2 is 2.00 bits per heavy atom. The third-order valence-corrected chi connectivity index (χ3v) is 8.32. The lowest BCUT2D eigenvalue weighted by Gasteiger charge is -2.44. The molecule has 2 amide bonds. The Bertz CT molecular complexity index is 1190. The minimum absolute atomic E-state index is 0.0180. The van der Waals surface area contributed by atoms with Crippen LogP contribution in [0.1, 0.15) is 57.0 Å². The number of likely N-dealkylation sites (tertiary alicyclic amines) is 1. The minimum Gasteiger partial charge on any atom is -0.375 e. The van der Waals surface area contributed by atoms with Crippen LogP contribution in [0.3, 0.4) is 0 Å². The van der Waals surface area contributed by atoms with E-state index < -0.39 is 0 Å².